The first-order chi connectivity index (χ1) is 9.90. The zero-order valence-corrected chi connectivity index (χ0v) is 14.2. The third-order valence-corrected chi connectivity index (χ3v) is 4.85. The van der Waals surface area contributed by atoms with Crippen LogP contribution in [0.3, 0.4) is 0 Å². The van der Waals surface area contributed by atoms with Crippen molar-refractivity contribution in [1.29, 1.82) is 0 Å². The molecule has 0 amide bonds. The molecule has 4 heteroatoms. The molecule has 0 aromatic heterocycles. The zero-order valence-electron chi connectivity index (χ0n) is 13.4. The standard InChI is InChI=1S/C17H26ClNO2/c1-5-19(6-2)17(3,4)15(20)11-13-10-14(18)9-12-7-8-21-16(12)13/h9-10,15,20H,5-8,11H2,1-4H3. The van der Waals surface area contributed by atoms with E-state index in [0.717, 1.165) is 41.4 Å². The molecule has 21 heavy (non-hydrogen) atoms. The second-order valence-electron chi connectivity index (χ2n) is 6.20. The highest BCUT2D eigenvalue weighted by Gasteiger charge is 2.33. The Kier molecular flexibility index (Phi) is 5.18. The van der Waals surface area contributed by atoms with E-state index in [2.05, 4.69) is 32.6 Å². The number of aliphatic hydroxyl groups is 1. The summed E-state index contributed by atoms with van der Waals surface area (Å²) >= 11 is 6.20. The number of halogens is 1. The number of aliphatic hydroxyl groups excluding tert-OH is 1. The third-order valence-electron chi connectivity index (χ3n) is 4.63. The molecule has 0 saturated heterocycles. The van der Waals surface area contributed by atoms with Crippen LogP contribution in [0, 0.1) is 0 Å². The summed E-state index contributed by atoms with van der Waals surface area (Å²) in [6.07, 6.45) is 0.995. The molecule has 1 heterocycles. The SMILES string of the molecule is CCN(CC)C(C)(C)C(O)Cc1cc(Cl)cc2c1OCC2. The van der Waals surface area contributed by atoms with Gasteiger partial charge in [-0.2, -0.15) is 0 Å². The van der Waals surface area contributed by atoms with Crippen LogP contribution in [0.5, 0.6) is 5.75 Å². The van der Waals surface area contributed by atoms with Crippen LogP contribution >= 0.6 is 11.6 Å². The Hall–Kier alpha value is -0.770. The average molecular weight is 312 g/mol. The second kappa shape index (κ2) is 6.55. The lowest BCUT2D eigenvalue weighted by atomic mass is 9.89. The smallest absolute Gasteiger partial charge is 0.126 e. The first kappa shape index (κ1) is 16.6. The molecular formula is C17H26ClNO2. The van der Waals surface area contributed by atoms with Gasteiger partial charge in [0, 0.05) is 23.4 Å². The van der Waals surface area contributed by atoms with E-state index in [9.17, 15) is 5.11 Å². The van der Waals surface area contributed by atoms with Crippen LogP contribution < -0.4 is 4.74 Å². The number of likely N-dealkylation sites (N-methyl/N-ethyl adjacent to an activating group) is 1. The van der Waals surface area contributed by atoms with Crippen molar-refractivity contribution in [1.82, 2.24) is 4.90 Å². The van der Waals surface area contributed by atoms with Gasteiger partial charge in [-0.3, -0.25) is 4.90 Å². The van der Waals surface area contributed by atoms with Crippen LogP contribution in [0.1, 0.15) is 38.8 Å². The van der Waals surface area contributed by atoms with Crippen molar-refractivity contribution in [3.8, 4) is 5.75 Å². The maximum atomic E-state index is 10.7. The molecule has 0 bridgehead atoms. The fourth-order valence-electron chi connectivity index (χ4n) is 3.21. The molecule has 0 aliphatic carbocycles. The monoisotopic (exact) mass is 311 g/mol. The summed E-state index contributed by atoms with van der Waals surface area (Å²) in [7, 11) is 0. The van der Waals surface area contributed by atoms with Crippen molar-refractivity contribution in [2.24, 2.45) is 0 Å². The van der Waals surface area contributed by atoms with Gasteiger partial charge in [0.2, 0.25) is 0 Å². The number of nitrogens with zero attached hydrogens (tertiary/aromatic N) is 1. The van der Waals surface area contributed by atoms with E-state index in [1.54, 1.807) is 0 Å². The highest BCUT2D eigenvalue weighted by Crippen LogP contribution is 2.35. The molecule has 0 fully saturated rings. The molecule has 2 rings (SSSR count). The molecule has 1 unspecified atom stereocenters. The lowest BCUT2D eigenvalue weighted by molar-refractivity contribution is -0.00440. The average Bonchev–Trinajstić information content (AvgIpc) is 2.87. The summed E-state index contributed by atoms with van der Waals surface area (Å²) in [5.41, 5.74) is 1.89. The zero-order chi connectivity index (χ0) is 15.6. The predicted molar refractivity (Wildman–Crippen MR) is 87.4 cm³/mol. The number of benzene rings is 1. The number of hydrogen-bond acceptors (Lipinski definition) is 3. The largest absolute Gasteiger partial charge is 0.493 e. The van der Waals surface area contributed by atoms with Gasteiger partial charge < -0.3 is 9.84 Å². The van der Waals surface area contributed by atoms with Gasteiger partial charge in [0.25, 0.3) is 0 Å². The summed E-state index contributed by atoms with van der Waals surface area (Å²) in [4.78, 5) is 2.28. The van der Waals surface area contributed by atoms with Gasteiger partial charge >= 0.3 is 0 Å². The molecule has 3 nitrogen and oxygen atoms in total. The Morgan fingerprint density at radius 3 is 2.62 bits per heavy atom. The molecule has 118 valence electrons. The van der Waals surface area contributed by atoms with E-state index in [4.69, 9.17) is 16.3 Å². The van der Waals surface area contributed by atoms with Gasteiger partial charge in [0.15, 0.2) is 0 Å². The highest BCUT2D eigenvalue weighted by atomic mass is 35.5. The van der Waals surface area contributed by atoms with Crippen LogP contribution in [-0.2, 0) is 12.8 Å². The molecule has 1 aromatic rings. The van der Waals surface area contributed by atoms with Crippen LogP contribution in [-0.4, -0.2) is 41.3 Å². The van der Waals surface area contributed by atoms with E-state index in [1.807, 2.05) is 12.1 Å². The minimum Gasteiger partial charge on any atom is -0.493 e. The van der Waals surface area contributed by atoms with E-state index >= 15 is 0 Å². The quantitative estimate of drug-likeness (QED) is 0.875. The number of rotatable bonds is 6. The maximum Gasteiger partial charge on any atom is 0.126 e. The van der Waals surface area contributed by atoms with Crippen LogP contribution in [0.15, 0.2) is 12.1 Å². The molecule has 1 aliphatic rings. The van der Waals surface area contributed by atoms with E-state index in [0.29, 0.717) is 13.0 Å². The van der Waals surface area contributed by atoms with Crippen molar-refractivity contribution in [2.45, 2.75) is 52.2 Å². The molecule has 0 spiro atoms. The lowest BCUT2D eigenvalue weighted by Gasteiger charge is -2.41. The maximum absolute atomic E-state index is 10.7. The highest BCUT2D eigenvalue weighted by molar-refractivity contribution is 6.30. The van der Waals surface area contributed by atoms with E-state index < -0.39 is 6.10 Å². The summed E-state index contributed by atoms with van der Waals surface area (Å²) in [5, 5.41) is 11.5. The van der Waals surface area contributed by atoms with Gasteiger partial charge in [-0.15, -0.1) is 0 Å². The normalized spacial score (nSPS) is 16.0. The second-order valence-corrected chi connectivity index (χ2v) is 6.63. The first-order valence-corrected chi connectivity index (χ1v) is 8.15. The third kappa shape index (κ3) is 3.36. The van der Waals surface area contributed by atoms with Gasteiger partial charge in [0.05, 0.1) is 12.7 Å². The Bertz CT molecular complexity index is 498. The fraction of sp³-hybridized carbons (Fsp3) is 0.647. The molecule has 1 N–H and O–H groups in total. The predicted octanol–water partition coefficient (Wildman–Crippen LogP) is 3.30. The van der Waals surface area contributed by atoms with Gasteiger partial charge in [-0.25, -0.2) is 0 Å². The molecular weight excluding hydrogens is 286 g/mol. The van der Waals surface area contributed by atoms with Crippen molar-refractivity contribution in [2.75, 3.05) is 19.7 Å². The Morgan fingerprint density at radius 2 is 2.00 bits per heavy atom. The van der Waals surface area contributed by atoms with Gasteiger partial charge in [-0.1, -0.05) is 25.4 Å². The van der Waals surface area contributed by atoms with Gasteiger partial charge in [0.1, 0.15) is 5.75 Å². The van der Waals surface area contributed by atoms with Crippen molar-refractivity contribution in [3.05, 3.63) is 28.3 Å². The van der Waals surface area contributed by atoms with Crippen LogP contribution in [0.2, 0.25) is 5.02 Å². The minimum atomic E-state index is -0.468. The first-order valence-electron chi connectivity index (χ1n) is 7.77. The Morgan fingerprint density at radius 1 is 1.33 bits per heavy atom. The summed E-state index contributed by atoms with van der Waals surface area (Å²) in [6.45, 7) is 11.0. The molecule has 1 atom stereocenters. The molecule has 1 aliphatic heterocycles. The van der Waals surface area contributed by atoms with Crippen LogP contribution in [0.25, 0.3) is 0 Å². The van der Waals surface area contributed by atoms with Crippen molar-refractivity contribution >= 4 is 11.6 Å². The van der Waals surface area contributed by atoms with Crippen LogP contribution in [0.4, 0.5) is 0 Å². The summed E-state index contributed by atoms with van der Waals surface area (Å²) in [6, 6.07) is 3.89. The lowest BCUT2D eigenvalue weighted by Crippen LogP contribution is -2.53. The summed E-state index contributed by atoms with van der Waals surface area (Å²) < 4.78 is 5.73. The molecule has 0 radical (unpaired) electrons. The summed E-state index contributed by atoms with van der Waals surface area (Å²) in [5.74, 6) is 0.925. The van der Waals surface area contributed by atoms with E-state index in [-0.39, 0.29) is 5.54 Å². The number of fused-ring (bicyclic) bond motifs is 1. The minimum absolute atomic E-state index is 0.280. The van der Waals surface area contributed by atoms with Crippen molar-refractivity contribution < 1.29 is 9.84 Å². The molecule has 0 saturated carbocycles. The fourth-order valence-corrected chi connectivity index (χ4v) is 3.47. The Labute approximate surface area is 132 Å². The molecule has 1 aromatic carbocycles. The Balaban J connectivity index is 2.22. The van der Waals surface area contributed by atoms with Crippen molar-refractivity contribution in [3.63, 3.8) is 0 Å². The van der Waals surface area contributed by atoms with Gasteiger partial charge in [-0.05, 0) is 50.2 Å². The topological polar surface area (TPSA) is 32.7 Å². The number of ether oxygens (including phenoxy) is 1. The van der Waals surface area contributed by atoms with E-state index in [1.165, 1.54) is 0 Å². The number of hydrogen-bond donors (Lipinski definition) is 1.